The molecule has 10 nitrogen and oxygen atoms in total. The first-order valence-electron chi connectivity index (χ1n) is 13.1. The number of nitrogens with one attached hydrogen (secondary N) is 2. The normalized spacial score (nSPS) is 13.5. The van der Waals surface area contributed by atoms with Gasteiger partial charge < -0.3 is 29.6 Å². The van der Waals surface area contributed by atoms with E-state index in [0.717, 1.165) is 11.5 Å². The van der Waals surface area contributed by atoms with E-state index in [2.05, 4.69) is 37.1 Å². The zero-order valence-electron chi connectivity index (χ0n) is 23.0. The molecule has 1 amide bonds. The molecule has 1 aliphatic heterocycles. The fraction of sp³-hybridized carbons (Fsp3) is 0.310. The fourth-order valence-corrected chi connectivity index (χ4v) is 4.95. The molecule has 2 N–H and O–H groups in total. The van der Waals surface area contributed by atoms with Crippen molar-refractivity contribution in [2.75, 3.05) is 48.9 Å². The first kappa shape index (κ1) is 27.1. The molecule has 2 aromatic heterocycles. The maximum atomic E-state index is 15.1. The van der Waals surface area contributed by atoms with Crippen molar-refractivity contribution in [3.8, 4) is 17.0 Å². The minimum absolute atomic E-state index is 0.117. The number of aryl methyl sites for hydroxylation is 1. The molecule has 3 heterocycles. The van der Waals surface area contributed by atoms with Crippen molar-refractivity contribution < 1.29 is 18.7 Å². The molecule has 1 saturated heterocycles. The summed E-state index contributed by atoms with van der Waals surface area (Å²) in [6, 6.07) is 8.80. The van der Waals surface area contributed by atoms with E-state index in [1.165, 1.54) is 12.1 Å². The van der Waals surface area contributed by atoms with Crippen LogP contribution in [0.25, 0.3) is 22.3 Å². The molecule has 1 aliphatic rings. The maximum absolute atomic E-state index is 15.1. The Bertz CT molecular complexity index is 1580. The van der Waals surface area contributed by atoms with Crippen LogP contribution in [0.15, 0.2) is 49.2 Å². The number of aromatic nitrogens is 4. The van der Waals surface area contributed by atoms with E-state index in [9.17, 15) is 4.79 Å². The summed E-state index contributed by atoms with van der Waals surface area (Å²) in [5, 5.41) is 6.09. The predicted octanol–water partition coefficient (Wildman–Crippen LogP) is 5.24. The predicted molar refractivity (Wildman–Crippen MR) is 154 cm³/mol. The van der Waals surface area contributed by atoms with Gasteiger partial charge in [-0.05, 0) is 51.1 Å². The lowest BCUT2D eigenvalue weighted by Crippen LogP contribution is -2.36. The lowest BCUT2D eigenvalue weighted by Gasteiger charge is -2.31. The van der Waals surface area contributed by atoms with E-state index in [1.54, 1.807) is 25.4 Å². The van der Waals surface area contributed by atoms with Gasteiger partial charge in [-0.1, -0.05) is 6.58 Å². The number of hydrogen-bond acceptors (Lipinski definition) is 8. The number of ether oxygens (including phenoxy) is 2. The molecular formula is C29H32FN7O3. The van der Waals surface area contributed by atoms with Gasteiger partial charge in [-0.3, -0.25) is 4.79 Å². The van der Waals surface area contributed by atoms with Crippen LogP contribution in [0.3, 0.4) is 0 Å². The Morgan fingerprint density at radius 3 is 2.65 bits per heavy atom. The molecule has 0 aliphatic carbocycles. The second-order valence-electron chi connectivity index (χ2n) is 9.70. The van der Waals surface area contributed by atoms with E-state index < -0.39 is 5.82 Å². The van der Waals surface area contributed by atoms with Crippen molar-refractivity contribution in [2.45, 2.75) is 26.8 Å². The molecule has 208 valence electrons. The van der Waals surface area contributed by atoms with Crippen LogP contribution in [0.1, 0.15) is 25.7 Å². The molecule has 1 fully saturated rings. The number of nitrogens with zero attached hydrogens (tertiary/aromatic N) is 5. The highest BCUT2D eigenvalue weighted by molar-refractivity contribution is 6.02. The zero-order chi connectivity index (χ0) is 28.4. The quantitative estimate of drug-likeness (QED) is 0.290. The van der Waals surface area contributed by atoms with Crippen LogP contribution >= 0.6 is 0 Å². The molecule has 5 rings (SSSR count). The van der Waals surface area contributed by atoms with Crippen molar-refractivity contribution >= 4 is 40.0 Å². The van der Waals surface area contributed by atoms with Gasteiger partial charge in [0.15, 0.2) is 5.82 Å². The summed E-state index contributed by atoms with van der Waals surface area (Å²) in [5.74, 6) is 0.821. The molecule has 0 atom stereocenters. The number of imidazole rings is 1. The molecular weight excluding hydrogens is 513 g/mol. The highest BCUT2D eigenvalue weighted by Crippen LogP contribution is 2.39. The van der Waals surface area contributed by atoms with Gasteiger partial charge in [-0.25, -0.2) is 19.3 Å². The summed E-state index contributed by atoms with van der Waals surface area (Å²) in [6.45, 7) is 12.0. The van der Waals surface area contributed by atoms with Crippen molar-refractivity contribution in [3.05, 3.63) is 60.8 Å². The number of hydrogen-bond donors (Lipinski definition) is 2. The van der Waals surface area contributed by atoms with E-state index in [1.807, 2.05) is 37.5 Å². The third kappa shape index (κ3) is 5.32. The van der Waals surface area contributed by atoms with Gasteiger partial charge in [0.25, 0.3) is 0 Å². The van der Waals surface area contributed by atoms with Crippen LogP contribution in [0.5, 0.6) is 5.75 Å². The number of benzene rings is 2. The number of rotatable bonds is 8. The molecule has 0 saturated carbocycles. The summed E-state index contributed by atoms with van der Waals surface area (Å²) < 4.78 is 28.3. The van der Waals surface area contributed by atoms with Gasteiger partial charge >= 0.3 is 0 Å². The average molecular weight is 546 g/mol. The van der Waals surface area contributed by atoms with Gasteiger partial charge in [0, 0.05) is 37.0 Å². The van der Waals surface area contributed by atoms with Gasteiger partial charge in [0.05, 0.1) is 48.6 Å². The number of anilines is 4. The van der Waals surface area contributed by atoms with Crippen LogP contribution in [-0.2, 0) is 9.53 Å². The number of morpholine rings is 1. The Kier molecular flexibility index (Phi) is 7.65. The Balaban J connectivity index is 1.52. The summed E-state index contributed by atoms with van der Waals surface area (Å²) >= 11 is 0. The first-order valence-corrected chi connectivity index (χ1v) is 13.1. The second-order valence-corrected chi connectivity index (χ2v) is 9.70. The van der Waals surface area contributed by atoms with E-state index in [-0.39, 0.29) is 17.9 Å². The van der Waals surface area contributed by atoms with Crippen LogP contribution < -0.4 is 20.3 Å². The van der Waals surface area contributed by atoms with Gasteiger partial charge in [0.2, 0.25) is 11.9 Å². The summed E-state index contributed by atoms with van der Waals surface area (Å²) in [7, 11) is 1.57. The van der Waals surface area contributed by atoms with Gasteiger partial charge in [-0.15, -0.1) is 0 Å². The van der Waals surface area contributed by atoms with Crippen LogP contribution in [0.4, 0.5) is 27.4 Å². The summed E-state index contributed by atoms with van der Waals surface area (Å²) in [5.41, 5.74) is 4.11. The molecule has 11 heteroatoms. The lowest BCUT2D eigenvalue weighted by atomic mass is 10.1. The van der Waals surface area contributed by atoms with Crippen LogP contribution in [0.2, 0.25) is 0 Å². The molecule has 0 bridgehead atoms. The van der Waals surface area contributed by atoms with E-state index in [0.29, 0.717) is 65.7 Å². The topological polar surface area (TPSA) is 106 Å². The monoisotopic (exact) mass is 545 g/mol. The summed E-state index contributed by atoms with van der Waals surface area (Å²) in [6.07, 6.45) is 2.82. The maximum Gasteiger partial charge on any atom is 0.247 e. The van der Waals surface area contributed by atoms with E-state index >= 15 is 4.39 Å². The Hall–Kier alpha value is -4.51. The number of methoxy groups -OCH3 is 1. The SMILES string of the molecule is C=CC(=O)Nc1cc(Nc2nccc(-c3cc(F)c4nc(C)n(C(C)C)c4c3)n2)c(OC)cc1N1CCOCC1. The minimum atomic E-state index is -0.411. The first-order chi connectivity index (χ1) is 19.3. The molecule has 0 unspecified atom stereocenters. The number of carbonyl (C=O) groups excluding carboxylic acids is 1. The number of amides is 1. The third-order valence-electron chi connectivity index (χ3n) is 6.75. The Morgan fingerprint density at radius 2 is 1.95 bits per heavy atom. The van der Waals surface area contributed by atoms with Gasteiger partial charge in [0.1, 0.15) is 17.1 Å². The standard InChI is InChI=1S/C29H32FN7O3/c1-6-27(38)33-22-15-23(26(39-5)16-24(22)36-9-11-40-12-10-36)35-29-31-8-7-21(34-29)19-13-20(30)28-25(14-19)37(17(2)3)18(4)32-28/h6-8,13-17H,1,9-12H2,2-5H3,(H,33,38)(H,31,34,35). The zero-order valence-corrected chi connectivity index (χ0v) is 23.0. The largest absolute Gasteiger partial charge is 0.494 e. The van der Waals surface area contributed by atoms with Crippen molar-refractivity contribution in [2.24, 2.45) is 0 Å². The van der Waals surface area contributed by atoms with E-state index in [4.69, 9.17) is 9.47 Å². The number of carbonyl (C=O) groups is 1. The highest BCUT2D eigenvalue weighted by atomic mass is 19.1. The molecule has 0 spiro atoms. The molecule has 2 aromatic carbocycles. The lowest BCUT2D eigenvalue weighted by molar-refractivity contribution is -0.111. The number of halogens is 1. The van der Waals surface area contributed by atoms with Crippen molar-refractivity contribution in [3.63, 3.8) is 0 Å². The molecule has 4 aromatic rings. The van der Waals surface area contributed by atoms with Crippen molar-refractivity contribution in [1.82, 2.24) is 19.5 Å². The highest BCUT2D eigenvalue weighted by Gasteiger charge is 2.21. The third-order valence-corrected chi connectivity index (χ3v) is 6.75. The minimum Gasteiger partial charge on any atom is -0.494 e. The average Bonchev–Trinajstić information content (AvgIpc) is 3.30. The number of fused-ring (bicyclic) bond motifs is 1. The smallest absolute Gasteiger partial charge is 0.247 e. The Labute approximate surface area is 231 Å². The molecule has 40 heavy (non-hydrogen) atoms. The van der Waals surface area contributed by atoms with Crippen molar-refractivity contribution in [1.29, 1.82) is 0 Å². The van der Waals surface area contributed by atoms with Crippen LogP contribution in [-0.4, -0.2) is 58.8 Å². The Morgan fingerprint density at radius 1 is 1.18 bits per heavy atom. The van der Waals surface area contributed by atoms with Crippen LogP contribution in [0, 0.1) is 12.7 Å². The second kappa shape index (κ2) is 11.3. The molecule has 0 radical (unpaired) electrons. The summed E-state index contributed by atoms with van der Waals surface area (Å²) in [4.78, 5) is 27.8. The van der Waals surface area contributed by atoms with Gasteiger partial charge in [-0.2, -0.15) is 0 Å². The fourth-order valence-electron chi connectivity index (χ4n) is 4.95.